The fraction of sp³-hybridized carbons (Fsp3) is 0.308. The summed E-state index contributed by atoms with van der Waals surface area (Å²) < 4.78 is 0. The Kier molecular flexibility index (Phi) is 2.64. The smallest absolute Gasteiger partial charge is 0.0128 e. The second-order valence-electron chi connectivity index (χ2n) is 3.51. The normalized spacial score (nSPS) is 15.5. The first-order valence-electron chi connectivity index (χ1n) is 4.95. The molecule has 0 aliphatic heterocycles. The SMILES string of the molecule is C(=Cc1ccccc1)=C1CCCC1. The van der Waals surface area contributed by atoms with E-state index < -0.39 is 0 Å². The maximum absolute atomic E-state index is 3.39. The summed E-state index contributed by atoms with van der Waals surface area (Å²) in [5.41, 5.74) is 6.13. The lowest BCUT2D eigenvalue weighted by atomic mass is 10.2. The molecule has 0 unspecified atom stereocenters. The highest BCUT2D eigenvalue weighted by atomic mass is 14.1. The molecule has 0 heterocycles. The Balaban J connectivity index is 2.17. The fourth-order valence-corrected chi connectivity index (χ4v) is 1.68. The van der Waals surface area contributed by atoms with E-state index in [-0.39, 0.29) is 0 Å². The number of benzene rings is 1. The monoisotopic (exact) mass is 170 g/mol. The molecule has 0 amide bonds. The highest BCUT2D eigenvalue weighted by Crippen LogP contribution is 2.22. The first kappa shape index (κ1) is 8.34. The van der Waals surface area contributed by atoms with Crippen LogP contribution in [-0.2, 0) is 0 Å². The van der Waals surface area contributed by atoms with Gasteiger partial charge >= 0.3 is 0 Å². The van der Waals surface area contributed by atoms with Crippen LogP contribution in [0.5, 0.6) is 0 Å². The van der Waals surface area contributed by atoms with Gasteiger partial charge in [0.05, 0.1) is 0 Å². The minimum atomic E-state index is 1.25. The molecule has 0 atom stereocenters. The highest BCUT2D eigenvalue weighted by Gasteiger charge is 2.04. The zero-order valence-electron chi connectivity index (χ0n) is 7.79. The van der Waals surface area contributed by atoms with Crippen molar-refractivity contribution in [3.63, 3.8) is 0 Å². The minimum Gasteiger partial charge on any atom is -0.121 e. The van der Waals surface area contributed by atoms with Crippen molar-refractivity contribution in [3.05, 3.63) is 47.2 Å². The molecule has 1 fully saturated rings. The van der Waals surface area contributed by atoms with Gasteiger partial charge in [0.15, 0.2) is 0 Å². The maximum Gasteiger partial charge on any atom is -0.0128 e. The van der Waals surface area contributed by atoms with Crippen LogP contribution in [0.25, 0.3) is 6.08 Å². The molecule has 0 N–H and O–H groups in total. The second-order valence-corrected chi connectivity index (χ2v) is 3.51. The molecular formula is C13H14. The maximum atomic E-state index is 3.39. The summed E-state index contributed by atoms with van der Waals surface area (Å²) in [4.78, 5) is 0. The topological polar surface area (TPSA) is 0 Å². The van der Waals surface area contributed by atoms with Crippen molar-refractivity contribution < 1.29 is 0 Å². The van der Waals surface area contributed by atoms with E-state index in [9.17, 15) is 0 Å². The van der Waals surface area contributed by atoms with Gasteiger partial charge in [0.2, 0.25) is 0 Å². The zero-order chi connectivity index (χ0) is 8.93. The molecule has 0 saturated heterocycles. The molecule has 1 saturated carbocycles. The molecule has 1 aromatic carbocycles. The molecular weight excluding hydrogens is 156 g/mol. The summed E-state index contributed by atoms with van der Waals surface area (Å²) in [6.07, 6.45) is 7.31. The van der Waals surface area contributed by atoms with Gasteiger partial charge < -0.3 is 0 Å². The van der Waals surface area contributed by atoms with E-state index in [0.29, 0.717) is 0 Å². The van der Waals surface area contributed by atoms with E-state index in [1.54, 1.807) is 0 Å². The summed E-state index contributed by atoms with van der Waals surface area (Å²) >= 11 is 0. The van der Waals surface area contributed by atoms with E-state index >= 15 is 0 Å². The van der Waals surface area contributed by atoms with Gasteiger partial charge in [-0.15, -0.1) is 5.73 Å². The minimum absolute atomic E-state index is 1.25. The molecule has 66 valence electrons. The van der Waals surface area contributed by atoms with Gasteiger partial charge in [0, 0.05) is 0 Å². The molecule has 0 nitrogen and oxygen atoms in total. The molecule has 0 spiro atoms. The summed E-state index contributed by atoms with van der Waals surface area (Å²) in [7, 11) is 0. The lowest BCUT2D eigenvalue weighted by Gasteiger charge is -1.89. The van der Waals surface area contributed by atoms with Crippen LogP contribution < -0.4 is 0 Å². The molecule has 1 aliphatic carbocycles. The standard InChI is InChI=1S/C13H14/c1-2-6-12(7-3-1)10-11-13-8-4-5-9-13/h1-3,6-7,10H,4-5,8-9H2. The summed E-state index contributed by atoms with van der Waals surface area (Å²) in [5.74, 6) is 0. The summed E-state index contributed by atoms with van der Waals surface area (Å²) in [6, 6.07) is 10.4. The largest absolute Gasteiger partial charge is 0.121 e. The van der Waals surface area contributed by atoms with Crippen LogP contribution in [0.15, 0.2) is 41.6 Å². The predicted molar refractivity (Wildman–Crippen MR) is 56.4 cm³/mol. The third-order valence-corrected chi connectivity index (χ3v) is 2.45. The third-order valence-electron chi connectivity index (χ3n) is 2.45. The van der Waals surface area contributed by atoms with Crippen LogP contribution in [-0.4, -0.2) is 0 Å². The lowest BCUT2D eigenvalue weighted by Crippen LogP contribution is -1.68. The Hall–Kier alpha value is -1.26. The fourth-order valence-electron chi connectivity index (χ4n) is 1.68. The molecule has 0 heteroatoms. The quantitative estimate of drug-likeness (QED) is 0.562. The molecule has 2 rings (SSSR count). The van der Waals surface area contributed by atoms with Crippen molar-refractivity contribution in [2.24, 2.45) is 0 Å². The molecule has 0 radical (unpaired) electrons. The Bertz CT molecular complexity index is 318. The van der Waals surface area contributed by atoms with Gasteiger partial charge in [0.25, 0.3) is 0 Å². The van der Waals surface area contributed by atoms with Gasteiger partial charge in [-0.1, -0.05) is 30.3 Å². The second kappa shape index (κ2) is 4.11. The molecule has 1 aromatic rings. The highest BCUT2D eigenvalue weighted by molar-refractivity contribution is 5.48. The van der Waals surface area contributed by atoms with Crippen molar-refractivity contribution in [2.75, 3.05) is 0 Å². The van der Waals surface area contributed by atoms with Crippen molar-refractivity contribution >= 4 is 6.08 Å². The van der Waals surface area contributed by atoms with Gasteiger partial charge in [-0.25, -0.2) is 0 Å². The van der Waals surface area contributed by atoms with E-state index in [2.05, 4.69) is 36.1 Å². The number of allylic oxidation sites excluding steroid dienone is 1. The van der Waals surface area contributed by atoms with Crippen LogP contribution in [0.3, 0.4) is 0 Å². The van der Waals surface area contributed by atoms with Gasteiger partial charge in [-0.05, 0) is 42.9 Å². The van der Waals surface area contributed by atoms with Gasteiger partial charge in [0.1, 0.15) is 0 Å². The first-order valence-corrected chi connectivity index (χ1v) is 4.95. The zero-order valence-corrected chi connectivity index (χ0v) is 7.79. The van der Waals surface area contributed by atoms with E-state index in [4.69, 9.17) is 0 Å². The van der Waals surface area contributed by atoms with Crippen molar-refractivity contribution in [3.8, 4) is 0 Å². The third kappa shape index (κ3) is 2.34. The number of hydrogen-bond acceptors (Lipinski definition) is 0. The average molecular weight is 170 g/mol. The number of hydrogen-bond donors (Lipinski definition) is 0. The van der Waals surface area contributed by atoms with Crippen molar-refractivity contribution in [1.29, 1.82) is 0 Å². The molecule has 13 heavy (non-hydrogen) atoms. The molecule has 1 aliphatic rings. The Morgan fingerprint density at radius 1 is 1.00 bits per heavy atom. The van der Waals surface area contributed by atoms with E-state index in [0.717, 1.165) is 0 Å². The van der Waals surface area contributed by atoms with Crippen LogP contribution in [0.2, 0.25) is 0 Å². The lowest BCUT2D eigenvalue weighted by molar-refractivity contribution is 0.886. The van der Waals surface area contributed by atoms with Crippen LogP contribution in [0.1, 0.15) is 31.2 Å². The van der Waals surface area contributed by atoms with Crippen molar-refractivity contribution in [1.82, 2.24) is 0 Å². The van der Waals surface area contributed by atoms with Crippen LogP contribution in [0.4, 0.5) is 0 Å². The van der Waals surface area contributed by atoms with Crippen LogP contribution >= 0.6 is 0 Å². The molecule has 0 aromatic heterocycles. The first-order chi connectivity index (χ1) is 6.45. The van der Waals surface area contributed by atoms with Gasteiger partial charge in [-0.3, -0.25) is 0 Å². The van der Waals surface area contributed by atoms with E-state index in [1.807, 2.05) is 6.07 Å². The summed E-state index contributed by atoms with van der Waals surface area (Å²) in [5, 5.41) is 0. The predicted octanol–water partition coefficient (Wildman–Crippen LogP) is 3.80. The van der Waals surface area contributed by atoms with Crippen LogP contribution in [0, 0.1) is 0 Å². The number of rotatable bonds is 1. The Labute approximate surface area is 79.6 Å². The average Bonchev–Trinajstić information content (AvgIpc) is 2.69. The van der Waals surface area contributed by atoms with E-state index in [1.165, 1.54) is 36.8 Å². The van der Waals surface area contributed by atoms with Gasteiger partial charge in [-0.2, -0.15) is 0 Å². The molecule has 0 bridgehead atoms. The Morgan fingerprint density at radius 3 is 2.38 bits per heavy atom. The Morgan fingerprint density at radius 2 is 1.69 bits per heavy atom. The van der Waals surface area contributed by atoms with Crippen molar-refractivity contribution in [2.45, 2.75) is 25.7 Å². The summed E-state index contributed by atoms with van der Waals surface area (Å²) in [6.45, 7) is 0.